The summed E-state index contributed by atoms with van der Waals surface area (Å²) in [6, 6.07) is 17.6. The molecular weight excluding hydrogens is 432 g/mol. The first-order valence-corrected chi connectivity index (χ1v) is 10.3. The maximum atomic E-state index is 12.5. The lowest BCUT2D eigenvalue weighted by Crippen LogP contribution is -2.40. The van der Waals surface area contributed by atoms with Crippen LogP contribution in [-0.2, 0) is 16.0 Å². The number of ketones is 1. The first-order valence-electron chi connectivity index (χ1n) is 9.93. The Kier molecular flexibility index (Phi) is 7.05. The molecule has 6 nitrogen and oxygen atoms in total. The Morgan fingerprint density at radius 2 is 1.47 bits per heavy atom. The summed E-state index contributed by atoms with van der Waals surface area (Å²) in [5.74, 6) is -0.714. The maximum Gasteiger partial charge on any atom is 0.349 e. The van der Waals surface area contributed by atoms with Crippen molar-refractivity contribution in [1.82, 2.24) is 0 Å². The SMILES string of the molecule is CC(C)(Oc1ccc(C(=O)c2ccc(Cl)cc2)cc1)C(=O)OCCc1ccc(O)c(O)c1. The second-order valence-electron chi connectivity index (χ2n) is 7.68. The van der Waals surface area contributed by atoms with E-state index in [9.17, 15) is 19.8 Å². The molecule has 0 saturated heterocycles. The summed E-state index contributed by atoms with van der Waals surface area (Å²) >= 11 is 5.86. The third-order valence-corrected chi connectivity index (χ3v) is 5.00. The highest BCUT2D eigenvalue weighted by molar-refractivity contribution is 6.30. The molecule has 0 unspecified atom stereocenters. The van der Waals surface area contributed by atoms with E-state index in [4.69, 9.17) is 21.1 Å². The number of rotatable bonds is 8. The molecular formula is C25H23ClO6. The van der Waals surface area contributed by atoms with Crippen molar-refractivity contribution in [3.05, 3.63) is 88.4 Å². The zero-order valence-electron chi connectivity index (χ0n) is 17.7. The van der Waals surface area contributed by atoms with E-state index in [1.165, 1.54) is 12.1 Å². The predicted molar refractivity (Wildman–Crippen MR) is 120 cm³/mol. The lowest BCUT2D eigenvalue weighted by Gasteiger charge is -2.24. The van der Waals surface area contributed by atoms with Crippen molar-refractivity contribution in [2.45, 2.75) is 25.9 Å². The highest BCUT2D eigenvalue weighted by atomic mass is 35.5. The first-order chi connectivity index (χ1) is 15.2. The van der Waals surface area contributed by atoms with E-state index in [1.807, 2.05) is 0 Å². The van der Waals surface area contributed by atoms with Crippen molar-refractivity contribution in [1.29, 1.82) is 0 Å². The largest absolute Gasteiger partial charge is 0.504 e. The van der Waals surface area contributed by atoms with Crippen LogP contribution in [0.3, 0.4) is 0 Å². The van der Waals surface area contributed by atoms with Crippen LogP contribution in [0.25, 0.3) is 0 Å². The Bertz CT molecular complexity index is 1100. The number of carbonyl (C=O) groups is 2. The molecule has 3 aromatic rings. The molecule has 0 radical (unpaired) electrons. The van der Waals surface area contributed by atoms with Crippen LogP contribution in [0.5, 0.6) is 17.2 Å². The van der Waals surface area contributed by atoms with Gasteiger partial charge in [0.05, 0.1) is 6.61 Å². The van der Waals surface area contributed by atoms with E-state index in [2.05, 4.69) is 0 Å². The van der Waals surface area contributed by atoms with E-state index in [0.29, 0.717) is 33.9 Å². The van der Waals surface area contributed by atoms with Gasteiger partial charge in [-0.25, -0.2) is 4.79 Å². The summed E-state index contributed by atoms with van der Waals surface area (Å²) in [4.78, 5) is 25.0. The summed E-state index contributed by atoms with van der Waals surface area (Å²) in [6.45, 7) is 3.27. The number of hydrogen-bond donors (Lipinski definition) is 2. The molecule has 0 aliphatic rings. The first kappa shape index (κ1) is 23.2. The van der Waals surface area contributed by atoms with Gasteiger partial charge in [0.2, 0.25) is 0 Å². The standard InChI is InChI=1S/C25H23ClO6/c1-25(2,24(30)31-14-13-16-3-12-21(27)22(28)15-16)32-20-10-6-18(7-11-20)23(29)17-4-8-19(26)9-5-17/h3-12,15,27-28H,13-14H2,1-2H3. The molecule has 0 spiro atoms. The van der Waals surface area contributed by atoms with Crippen LogP contribution < -0.4 is 4.74 Å². The van der Waals surface area contributed by atoms with Crippen LogP contribution in [0.4, 0.5) is 0 Å². The molecule has 0 aromatic heterocycles. The molecule has 0 saturated carbocycles. The second-order valence-corrected chi connectivity index (χ2v) is 8.12. The molecule has 2 N–H and O–H groups in total. The maximum absolute atomic E-state index is 12.5. The smallest absolute Gasteiger partial charge is 0.349 e. The highest BCUT2D eigenvalue weighted by Crippen LogP contribution is 2.25. The minimum absolute atomic E-state index is 0.0877. The molecule has 0 aliphatic carbocycles. The Labute approximate surface area is 191 Å². The van der Waals surface area contributed by atoms with Gasteiger partial charge in [-0.05, 0) is 80.1 Å². The highest BCUT2D eigenvalue weighted by Gasteiger charge is 2.32. The quantitative estimate of drug-likeness (QED) is 0.285. The Balaban J connectivity index is 1.56. The van der Waals surface area contributed by atoms with Crippen LogP contribution in [0.2, 0.25) is 5.02 Å². The molecule has 0 aliphatic heterocycles. The van der Waals surface area contributed by atoms with Crippen molar-refractivity contribution in [2.24, 2.45) is 0 Å². The molecule has 0 fully saturated rings. The molecule has 7 heteroatoms. The zero-order chi connectivity index (χ0) is 23.3. The van der Waals surface area contributed by atoms with Crippen molar-refractivity contribution >= 4 is 23.4 Å². The number of hydrogen-bond acceptors (Lipinski definition) is 6. The second kappa shape index (κ2) is 9.75. The fraction of sp³-hybridized carbons (Fsp3) is 0.200. The average Bonchev–Trinajstić information content (AvgIpc) is 2.76. The average molecular weight is 455 g/mol. The van der Waals surface area contributed by atoms with Crippen LogP contribution in [0.1, 0.15) is 35.3 Å². The van der Waals surface area contributed by atoms with E-state index < -0.39 is 11.6 Å². The number of benzene rings is 3. The van der Waals surface area contributed by atoms with Gasteiger partial charge in [0.15, 0.2) is 22.9 Å². The van der Waals surface area contributed by atoms with E-state index in [-0.39, 0.29) is 23.9 Å². The number of phenolic OH excluding ortho intramolecular Hbond substituents is 2. The molecule has 166 valence electrons. The van der Waals surface area contributed by atoms with Gasteiger partial charge in [-0.1, -0.05) is 17.7 Å². The van der Waals surface area contributed by atoms with Gasteiger partial charge >= 0.3 is 5.97 Å². The van der Waals surface area contributed by atoms with Gasteiger partial charge < -0.3 is 19.7 Å². The molecule has 32 heavy (non-hydrogen) atoms. The number of halogens is 1. The Morgan fingerprint density at radius 3 is 2.06 bits per heavy atom. The predicted octanol–water partition coefficient (Wildman–Crippen LogP) is 4.93. The fourth-order valence-electron chi connectivity index (χ4n) is 2.94. The van der Waals surface area contributed by atoms with Gasteiger partial charge in [-0.15, -0.1) is 0 Å². The lowest BCUT2D eigenvalue weighted by atomic mass is 10.0. The molecule has 3 rings (SSSR count). The normalized spacial score (nSPS) is 11.1. The van der Waals surface area contributed by atoms with E-state index in [1.54, 1.807) is 68.4 Å². The monoisotopic (exact) mass is 454 g/mol. The summed E-state index contributed by atoms with van der Waals surface area (Å²) in [5, 5.41) is 19.4. The third-order valence-electron chi connectivity index (χ3n) is 4.75. The Morgan fingerprint density at radius 1 is 0.875 bits per heavy atom. The molecule has 0 bridgehead atoms. The van der Waals surface area contributed by atoms with Gasteiger partial charge in [0.1, 0.15) is 5.75 Å². The van der Waals surface area contributed by atoms with Gasteiger partial charge in [0.25, 0.3) is 0 Å². The van der Waals surface area contributed by atoms with Gasteiger partial charge in [-0.2, -0.15) is 0 Å². The minimum Gasteiger partial charge on any atom is -0.504 e. The van der Waals surface area contributed by atoms with Crippen molar-refractivity contribution in [3.8, 4) is 17.2 Å². The summed E-state index contributed by atoms with van der Waals surface area (Å²) < 4.78 is 11.1. The molecule has 0 atom stereocenters. The van der Waals surface area contributed by atoms with Gasteiger partial charge in [0, 0.05) is 22.6 Å². The van der Waals surface area contributed by atoms with Crippen LogP contribution >= 0.6 is 11.6 Å². The lowest BCUT2D eigenvalue weighted by molar-refractivity contribution is -0.159. The van der Waals surface area contributed by atoms with E-state index in [0.717, 1.165) is 0 Å². The summed E-state index contributed by atoms with van der Waals surface area (Å²) in [7, 11) is 0. The number of aromatic hydroxyl groups is 2. The Hall–Kier alpha value is -3.51. The van der Waals surface area contributed by atoms with E-state index >= 15 is 0 Å². The molecule has 3 aromatic carbocycles. The number of ether oxygens (including phenoxy) is 2. The van der Waals surface area contributed by atoms with Crippen molar-refractivity contribution < 1.29 is 29.3 Å². The van der Waals surface area contributed by atoms with Crippen LogP contribution in [-0.4, -0.2) is 34.2 Å². The molecule has 0 amide bonds. The third kappa shape index (κ3) is 5.80. The topological polar surface area (TPSA) is 93.1 Å². The number of esters is 1. The summed E-state index contributed by atoms with van der Waals surface area (Å²) in [5.41, 5.74) is 0.470. The van der Waals surface area contributed by atoms with Crippen LogP contribution in [0, 0.1) is 0 Å². The fourth-order valence-corrected chi connectivity index (χ4v) is 3.06. The number of phenols is 2. The number of carbonyl (C=O) groups excluding carboxylic acids is 2. The van der Waals surface area contributed by atoms with Crippen molar-refractivity contribution in [3.63, 3.8) is 0 Å². The summed E-state index contributed by atoms with van der Waals surface area (Å²) in [6.07, 6.45) is 0.372. The molecule has 0 heterocycles. The van der Waals surface area contributed by atoms with Crippen molar-refractivity contribution in [2.75, 3.05) is 6.61 Å². The van der Waals surface area contributed by atoms with Crippen LogP contribution in [0.15, 0.2) is 66.7 Å². The minimum atomic E-state index is -1.25. The van der Waals surface area contributed by atoms with Gasteiger partial charge in [-0.3, -0.25) is 4.79 Å². The zero-order valence-corrected chi connectivity index (χ0v) is 18.4.